The second kappa shape index (κ2) is 15.6. The minimum Gasteiger partial charge on any atom is -0.300 e. The van der Waals surface area contributed by atoms with Gasteiger partial charge in [0.05, 0.1) is 6.42 Å². The first-order chi connectivity index (χ1) is 19.2. The van der Waals surface area contributed by atoms with Gasteiger partial charge in [-0.05, 0) is 86.0 Å². The van der Waals surface area contributed by atoms with E-state index < -0.39 is 0 Å². The Morgan fingerprint density at radius 1 is 0.975 bits per heavy atom. The second-order valence-corrected chi connectivity index (χ2v) is 12.9. The number of carbonyl (C=O) groups excluding carboxylic acids is 3. The molecule has 1 aromatic carbocycles. The highest BCUT2D eigenvalue weighted by atomic mass is 16.1. The molecule has 0 N–H and O–H groups in total. The fourth-order valence-electron chi connectivity index (χ4n) is 7.53. The lowest BCUT2D eigenvalue weighted by Gasteiger charge is -2.32. The molecule has 0 aliphatic heterocycles. The van der Waals surface area contributed by atoms with Crippen molar-refractivity contribution in [3.63, 3.8) is 0 Å². The van der Waals surface area contributed by atoms with Crippen molar-refractivity contribution < 1.29 is 14.4 Å². The van der Waals surface area contributed by atoms with Crippen molar-refractivity contribution in [1.82, 2.24) is 0 Å². The highest BCUT2D eigenvalue weighted by molar-refractivity contribution is 6.01. The molecule has 3 nitrogen and oxygen atoms in total. The zero-order chi connectivity index (χ0) is 29.2. The molecule has 4 rings (SSSR count). The van der Waals surface area contributed by atoms with Crippen molar-refractivity contribution in [2.24, 2.45) is 23.7 Å². The van der Waals surface area contributed by atoms with Crippen LogP contribution in [0.4, 0.5) is 0 Å². The first kappa shape index (κ1) is 32.2. The van der Waals surface area contributed by atoms with Crippen molar-refractivity contribution in [3.8, 4) is 0 Å². The van der Waals surface area contributed by atoms with Crippen molar-refractivity contribution >= 4 is 22.9 Å². The Morgan fingerprint density at radius 3 is 2.30 bits per heavy atom. The molecule has 0 radical (unpaired) electrons. The molecule has 1 aromatic rings. The topological polar surface area (TPSA) is 51.2 Å². The van der Waals surface area contributed by atoms with Gasteiger partial charge in [0.2, 0.25) is 0 Å². The van der Waals surface area contributed by atoms with Crippen LogP contribution in [0.3, 0.4) is 0 Å². The van der Waals surface area contributed by atoms with Gasteiger partial charge in [-0.1, -0.05) is 102 Å². The maximum atomic E-state index is 13.5. The van der Waals surface area contributed by atoms with Crippen LogP contribution in [0.15, 0.2) is 29.9 Å². The number of rotatable bonds is 12. The zero-order valence-corrected chi connectivity index (χ0v) is 26.2. The molecule has 3 atom stereocenters. The molecule has 0 heterocycles. The van der Waals surface area contributed by atoms with Crippen LogP contribution in [-0.4, -0.2) is 17.3 Å². The van der Waals surface area contributed by atoms with Crippen molar-refractivity contribution in [2.75, 3.05) is 0 Å². The van der Waals surface area contributed by atoms with Crippen LogP contribution in [0.1, 0.15) is 145 Å². The molecule has 3 aliphatic rings. The Kier molecular flexibility index (Phi) is 12.6. The fourth-order valence-corrected chi connectivity index (χ4v) is 7.53. The highest BCUT2D eigenvalue weighted by Crippen LogP contribution is 2.42. The van der Waals surface area contributed by atoms with Crippen LogP contribution < -0.4 is 0 Å². The standard InChI is InChI=1S/C34H46O3.C3H8/c1-5-9-27(29(6-2)32(36)16-23(4)35)19-26-20-31-30(15-12-22(3)34(31)33(37)21-26)28-14-13-25(18-28)17-24-10-7-8-11-24;1-3-2/h12-15,24,26-27,29H,5-11,16-21H2,1-4H3;3H2,1-2H3. The molecule has 0 amide bonds. The predicted molar refractivity (Wildman–Crippen MR) is 168 cm³/mol. The molecule has 0 spiro atoms. The molecular formula is C37H54O3. The van der Waals surface area contributed by atoms with Crippen molar-refractivity contribution in [3.05, 3.63) is 52.1 Å². The van der Waals surface area contributed by atoms with E-state index in [-0.39, 0.29) is 41.5 Å². The van der Waals surface area contributed by atoms with E-state index in [0.717, 1.165) is 55.6 Å². The lowest BCUT2D eigenvalue weighted by atomic mass is 9.71. The monoisotopic (exact) mass is 546 g/mol. The number of Topliss-reactive ketones (excluding diaryl/α,β-unsaturated/α-hetero) is 3. The third-order valence-corrected chi connectivity index (χ3v) is 9.22. The number of allylic oxidation sites excluding steroid dienone is 4. The van der Waals surface area contributed by atoms with Gasteiger partial charge in [0.25, 0.3) is 0 Å². The summed E-state index contributed by atoms with van der Waals surface area (Å²) in [5.41, 5.74) is 7.46. The molecule has 3 heteroatoms. The van der Waals surface area contributed by atoms with E-state index in [1.807, 2.05) is 0 Å². The molecule has 0 saturated heterocycles. The van der Waals surface area contributed by atoms with E-state index in [9.17, 15) is 14.4 Å². The Morgan fingerprint density at radius 2 is 1.68 bits per heavy atom. The van der Waals surface area contributed by atoms with Crippen LogP contribution in [0.5, 0.6) is 0 Å². The lowest BCUT2D eigenvalue weighted by molar-refractivity contribution is -0.129. The van der Waals surface area contributed by atoms with Gasteiger partial charge in [0, 0.05) is 17.9 Å². The third-order valence-electron chi connectivity index (χ3n) is 9.22. The van der Waals surface area contributed by atoms with E-state index in [2.05, 4.69) is 58.9 Å². The van der Waals surface area contributed by atoms with E-state index >= 15 is 0 Å². The summed E-state index contributed by atoms with van der Waals surface area (Å²) in [7, 11) is 0. The third kappa shape index (κ3) is 8.37. The Bertz CT molecular complexity index is 1100. The van der Waals surface area contributed by atoms with Crippen molar-refractivity contribution in [1.29, 1.82) is 0 Å². The summed E-state index contributed by atoms with van der Waals surface area (Å²) in [5, 5.41) is 0. The summed E-state index contributed by atoms with van der Waals surface area (Å²) < 4.78 is 0. The number of aryl methyl sites for hydroxylation is 1. The second-order valence-electron chi connectivity index (χ2n) is 12.9. The minimum absolute atomic E-state index is 0.0405. The van der Waals surface area contributed by atoms with Gasteiger partial charge < -0.3 is 0 Å². The summed E-state index contributed by atoms with van der Waals surface area (Å²) in [6, 6.07) is 4.38. The average Bonchev–Trinajstić information content (AvgIpc) is 3.57. The summed E-state index contributed by atoms with van der Waals surface area (Å²) in [4.78, 5) is 38.1. The summed E-state index contributed by atoms with van der Waals surface area (Å²) >= 11 is 0. The quantitative estimate of drug-likeness (QED) is 0.245. The number of ketones is 3. The Balaban J connectivity index is 0.00000141. The lowest BCUT2D eigenvalue weighted by Crippen LogP contribution is -2.30. The first-order valence-electron chi connectivity index (χ1n) is 16.3. The van der Waals surface area contributed by atoms with Crippen LogP contribution >= 0.6 is 0 Å². The SMILES string of the molecule is CCC.CCCC(CC1CC(=O)c2c(C)ccc(C3=CC=C(CC4CCCC4)C3)c2C1)C(CC)C(=O)CC(C)=O. The highest BCUT2D eigenvalue weighted by Gasteiger charge is 2.34. The normalized spacial score (nSPS) is 20.2. The van der Waals surface area contributed by atoms with Gasteiger partial charge in [0.1, 0.15) is 11.6 Å². The number of fused-ring (bicyclic) bond motifs is 1. The molecule has 1 fully saturated rings. The van der Waals surface area contributed by atoms with Gasteiger partial charge in [-0.3, -0.25) is 14.4 Å². The van der Waals surface area contributed by atoms with Gasteiger partial charge in [-0.2, -0.15) is 0 Å². The molecule has 3 unspecified atom stereocenters. The van der Waals surface area contributed by atoms with E-state index in [1.165, 1.54) is 62.1 Å². The van der Waals surface area contributed by atoms with Crippen LogP contribution in [0, 0.1) is 30.6 Å². The summed E-state index contributed by atoms with van der Waals surface area (Å²) in [6.45, 7) is 12.1. The van der Waals surface area contributed by atoms with E-state index in [4.69, 9.17) is 0 Å². The largest absolute Gasteiger partial charge is 0.300 e. The van der Waals surface area contributed by atoms with E-state index in [1.54, 1.807) is 5.57 Å². The average molecular weight is 547 g/mol. The summed E-state index contributed by atoms with van der Waals surface area (Å²) in [5.74, 6) is 1.56. The number of carbonyl (C=O) groups is 3. The first-order valence-corrected chi connectivity index (χ1v) is 16.3. The molecule has 3 aliphatic carbocycles. The molecule has 0 bridgehead atoms. The smallest absolute Gasteiger partial charge is 0.163 e. The van der Waals surface area contributed by atoms with E-state index in [0.29, 0.717) is 6.42 Å². The predicted octanol–water partition coefficient (Wildman–Crippen LogP) is 9.83. The molecule has 1 saturated carbocycles. The molecule has 220 valence electrons. The van der Waals surface area contributed by atoms with Crippen LogP contribution in [-0.2, 0) is 16.0 Å². The van der Waals surface area contributed by atoms with Gasteiger partial charge >= 0.3 is 0 Å². The Labute approximate surface area is 244 Å². The minimum atomic E-state index is -0.0859. The van der Waals surface area contributed by atoms with Crippen molar-refractivity contribution in [2.45, 2.75) is 131 Å². The van der Waals surface area contributed by atoms with Crippen LogP contribution in [0.25, 0.3) is 5.57 Å². The fraction of sp³-hybridized carbons (Fsp3) is 0.649. The molecule has 0 aromatic heterocycles. The van der Waals surface area contributed by atoms with Gasteiger partial charge in [-0.25, -0.2) is 0 Å². The zero-order valence-electron chi connectivity index (χ0n) is 26.2. The molecule has 40 heavy (non-hydrogen) atoms. The van der Waals surface area contributed by atoms with Gasteiger partial charge in [-0.15, -0.1) is 0 Å². The number of hydrogen-bond donors (Lipinski definition) is 0. The number of hydrogen-bond acceptors (Lipinski definition) is 3. The summed E-state index contributed by atoms with van der Waals surface area (Å²) in [6.07, 6.45) is 18.8. The maximum absolute atomic E-state index is 13.5. The Hall–Kier alpha value is -2.29. The van der Waals surface area contributed by atoms with Gasteiger partial charge in [0.15, 0.2) is 5.78 Å². The van der Waals surface area contributed by atoms with Crippen LogP contribution in [0.2, 0.25) is 0 Å². The number of benzene rings is 1. The maximum Gasteiger partial charge on any atom is 0.163 e. The molecular weight excluding hydrogens is 492 g/mol.